The monoisotopic (exact) mass is 636 g/mol. The van der Waals surface area contributed by atoms with Crippen molar-refractivity contribution >= 4 is 10.4 Å². The standard InChI is InChI=1S/C36H74O5S.H3N/c1-3-5-7-9-11-13-15-17-19-21-23-25-27-29-31-35(36(33-34-37)41-42(38,39)40)32-30-28-26-24-22-20-18-16-14-12-10-8-6-4-2;/h35-37H,3-34H2,1-2H3,(H,38,39,40);1H3. The van der Waals surface area contributed by atoms with Gasteiger partial charge in [0.25, 0.3) is 0 Å². The minimum Gasteiger partial charge on any atom is -0.726 e. The van der Waals surface area contributed by atoms with Gasteiger partial charge in [0, 0.05) is 6.61 Å². The van der Waals surface area contributed by atoms with Gasteiger partial charge in [-0.15, -0.1) is 0 Å². The zero-order valence-corrected chi connectivity index (χ0v) is 30.1. The van der Waals surface area contributed by atoms with E-state index >= 15 is 0 Å². The third kappa shape index (κ3) is 34.5. The van der Waals surface area contributed by atoms with E-state index in [1.54, 1.807) is 0 Å². The Labute approximate surface area is 269 Å². The summed E-state index contributed by atoms with van der Waals surface area (Å²) < 4.78 is 39.0. The van der Waals surface area contributed by atoms with Gasteiger partial charge in [0.2, 0.25) is 10.4 Å². The van der Waals surface area contributed by atoms with Crippen LogP contribution in [-0.2, 0) is 14.6 Å². The zero-order chi connectivity index (χ0) is 31.0. The Morgan fingerprint density at radius 1 is 0.488 bits per heavy atom. The van der Waals surface area contributed by atoms with Crippen molar-refractivity contribution in [2.45, 2.75) is 219 Å². The van der Waals surface area contributed by atoms with Gasteiger partial charge >= 0.3 is 0 Å². The summed E-state index contributed by atoms with van der Waals surface area (Å²) in [7, 11) is -4.77. The maximum absolute atomic E-state index is 11.4. The van der Waals surface area contributed by atoms with Gasteiger partial charge in [-0.25, -0.2) is 8.42 Å². The van der Waals surface area contributed by atoms with Gasteiger partial charge in [0.05, 0.1) is 6.10 Å². The predicted octanol–water partition coefficient (Wildman–Crippen LogP) is 11.9. The maximum Gasteiger partial charge on any atom is 0.217 e. The first kappa shape index (κ1) is 44.9. The molecule has 0 aliphatic carbocycles. The molecule has 7 heteroatoms. The van der Waals surface area contributed by atoms with Crippen LogP contribution in [0.15, 0.2) is 0 Å². The van der Waals surface area contributed by atoms with Crippen LogP contribution in [0.2, 0.25) is 0 Å². The van der Waals surface area contributed by atoms with Gasteiger partial charge in [-0.1, -0.05) is 194 Å². The first-order valence-electron chi connectivity index (χ1n) is 18.7. The van der Waals surface area contributed by atoms with Gasteiger partial charge in [-0.05, 0) is 25.2 Å². The van der Waals surface area contributed by atoms with Crippen LogP contribution in [-0.4, -0.2) is 30.8 Å². The molecule has 0 bridgehead atoms. The van der Waals surface area contributed by atoms with E-state index in [0.717, 1.165) is 38.5 Å². The Bertz CT molecular complexity index is 599. The molecule has 5 N–H and O–H groups in total. The van der Waals surface area contributed by atoms with Crippen LogP contribution in [0.4, 0.5) is 0 Å². The molecule has 0 saturated heterocycles. The quantitative estimate of drug-likeness (QED) is 0.0407. The van der Waals surface area contributed by atoms with E-state index in [-0.39, 0.29) is 25.1 Å². The highest BCUT2D eigenvalue weighted by Crippen LogP contribution is 2.27. The van der Waals surface area contributed by atoms with Crippen LogP contribution in [0, 0.1) is 5.92 Å². The lowest BCUT2D eigenvalue weighted by atomic mass is 9.88. The summed E-state index contributed by atoms with van der Waals surface area (Å²) >= 11 is 0. The van der Waals surface area contributed by atoms with Crippen molar-refractivity contribution < 1.29 is 22.3 Å². The number of aliphatic hydroxyl groups excluding tert-OH is 1. The van der Waals surface area contributed by atoms with E-state index < -0.39 is 16.5 Å². The molecule has 0 spiro atoms. The molecule has 0 radical (unpaired) electrons. The van der Waals surface area contributed by atoms with Crippen LogP contribution in [0.1, 0.15) is 213 Å². The van der Waals surface area contributed by atoms with Crippen molar-refractivity contribution in [3.8, 4) is 0 Å². The molecule has 1 unspecified atom stereocenters. The summed E-state index contributed by atoms with van der Waals surface area (Å²) in [5.41, 5.74) is 0. The van der Waals surface area contributed by atoms with E-state index in [1.807, 2.05) is 0 Å². The SMILES string of the molecule is CCCCCCCCCCCCCCCCC(CCCCCCCCCCCCCCCC)C(CCO)OS(=O)(=O)[O-].[NH4+]. The number of hydrogen-bond donors (Lipinski definition) is 2. The van der Waals surface area contributed by atoms with Gasteiger partial charge in [-0.3, -0.25) is 4.18 Å². The molecule has 1 atom stereocenters. The molecule has 0 fully saturated rings. The average molecular weight is 636 g/mol. The summed E-state index contributed by atoms with van der Waals surface area (Å²) in [6.07, 6.45) is 37.9. The van der Waals surface area contributed by atoms with Crippen LogP contribution in [0.5, 0.6) is 0 Å². The van der Waals surface area contributed by atoms with Crippen molar-refractivity contribution in [2.24, 2.45) is 5.92 Å². The van der Waals surface area contributed by atoms with Crippen LogP contribution < -0.4 is 6.15 Å². The Kier molecular flexibility index (Phi) is 36.2. The topological polar surface area (TPSA) is 123 Å². The van der Waals surface area contributed by atoms with Crippen molar-refractivity contribution in [2.75, 3.05) is 6.61 Å². The average Bonchev–Trinajstić information content (AvgIpc) is 2.95. The Morgan fingerprint density at radius 3 is 0.977 bits per heavy atom. The van der Waals surface area contributed by atoms with Crippen LogP contribution in [0.3, 0.4) is 0 Å². The molecule has 0 aliphatic rings. The van der Waals surface area contributed by atoms with Gasteiger partial charge < -0.3 is 15.8 Å². The van der Waals surface area contributed by atoms with E-state index in [4.69, 9.17) is 4.18 Å². The molecular formula is C36H77NO5S. The normalized spacial score (nSPS) is 12.6. The molecule has 6 nitrogen and oxygen atoms in total. The first-order chi connectivity index (χ1) is 20.4. The number of quaternary nitrogens is 1. The molecule has 0 aromatic rings. The second kappa shape index (κ2) is 34.7. The summed E-state index contributed by atoms with van der Waals surface area (Å²) in [5.74, 6) is 0.0236. The van der Waals surface area contributed by atoms with Gasteiger partial charge in [0.1, 0.15) is 0 Å². The second-order valence-corrected chi connectivity index (χ2v) is 14.1. The fourth-order valence-electron chi connectivity index (χ4n) is 6.36. The number of rotatable bonds is 35. The van der Waals surface area contributed by atoms with Crippen LogP contribution >= 0.6 is 0 Å². The Morgan fingerprint density at radius 2 is 0.744 bits per heavy atom. The molecule has 0 aromatic carbocycles. The zero-order valence-electron chi connectivity index (χ0n) is 29.3. The third-order valence-corrected chi connectivity index (χ3v) is 9.52. The Balaban J connectivity index is 0. The van der Waals surface area contributed by atoms with E-state index in [9.17, 15) is 18.1 Å². The van der Waals surface area contributed by atoms with Crippen molar-refractivity contribution in [3.63, 3.8) is 0 Å². The largest absolute Gasteiger partial charge is 0.726 e. The van der Waals surface area contributed by atoms with E-state index in [2.05, 4.69) is 13.8 Å². The summed E-state index contributed by atoms with van der Waals surface area (Å²) in [6, 6.07) is 0. The highest BCUT2D eigenvalue weighted by molar-refractivity contribution is 7.80. The smallest absolute Gasteiger partial charge is 0.217 e. The summed E-state index contributed by atoms with van der Waals surface area (Å²) in [5, 5.41) is 9.49. The lowest BCUT2D eigenvalue weighted by Gasteiger charge is -2.27. The molecule has 0 saturated carbocycles. The fourth-order valence-corrected chi connectivity index (χ4v) is 6.92. The van der Waals surface area contributed by atoms with E-state index in [1.165, 1.54) is 154 Å². The Hall–Kier alpha value is -0.210. The molecule has 0 rings (SSSR count). The van der Waals surface area contributed by atoms with Crippen molar-refractivity contribution in [1.82, 2.24) is 6.15 Å². The summed E-state index contributed by atoms with van der Waals surface area (Å²) in [4.78, 5) is 0. The maximum atomic E-state index is 11.4. The third-order valence-electron chi connectivity index (χ3n) is 9.04. The first-order valence-corrected chi connectivity index (χ1v) is 20.0. The predicted molar refractivity (Wildman–Crippen MR) is 186 cm³/mol. The number of aliphatic hydroxyl groups is 1. The molecule has 0 aliphatic heterocycles. The second-order valence-electron chi connectivity index (χ2n) is 13.1. The minimum atomic E-state index is -4.77. The molecule has 43 heavy (non-hydrogen) atoms. The highest BCUT2D eigenvalue weighted by Gasteiger charge is 2.23. The van der Waals surface area contributed by atoms with Crippen molar-refractivity contribution in [3.05, 3.63) is 0 Å². The molecule has 262 valence electrons. The summed E-state index contributed by atoms with van der Waals surface area (Å²) in [6.45, 7) is 4.38. The lowest BCUT2D eigenvalue weighted by molar-refractivity contribution is 0.0811. The van der Waals surface area contributed by atoms with Crippen molar-refractivity contribution in [1.29, 1.82) is 0 Å². The molecular weight excluding hydrogens is 558 g/mol. The van der Waals surface area contributed by atoms with Gasteiger partial charge in [-0.2, -0.15) is 0 Å². The van der Waals surface area contributed by atoms with Gasteiger partial charge in [0.15, 0.2) is 0 Å². The molecule has 0 aromatic heterocycles. The fraction of sp³-hybridized carbons (Fsp3) is 1.00. The molecule has 0 heterocycles. The minimum absolute atomic E-state index is 0. The number of hydrogen-bond acceptors (Lipinski definition) is 5. The van der Waals surface area contributed by atoms with E-state index in [0.29, 0.717) is 0 Å². The van der Waals surface area contributed by atoms with Crippen LogP contribution in [0.25, 0.3) is 0 Å². The molecule has 0 amide bonds. The highest BCUT2D eigenvalue weighted by atomic mass is 32.3. The number of unbranched alkanes of at least 4 members (excludes halogenated alkanes) is 26. The lowest BCUT2D eigenvalue weighted by Crippen LogP contribution is -2.28.